The van der Waals surface area contributed by atoms with E-state index >= 15 is 0 Å². The van der Waals surface area contributed by atoms with Crippen LogP contribution in [0.5, 0.6) is 11.8 Å². The molecule has 1 rings (SSSR count). The summed E-state index contributed by atoms with van der Waals surface area (Å²) in [6, 6.07) is 3.24. The molecule has 3 nitrogen and oxygen atoms in total. The van der Waals surface area contributed by atoms with Gasteiger partial charge in [0, 0.05) is 12.1 Å². The highest BCUT2D eigenvalue weighted by molar-refractivity contribution is 5.28. The molecule has 0 aliphatic heterocycles. The Labute approximate surface area is 205 Å². The zero-order valence-corrected chi connectivity index (χ0v) is 22.3. The molecule has 0 saturated carbocycles. The van der Waals surface area contributed by atoms with Gasteiger partial charge in [0.2, 0.25) is 0 Å². The summed E-state index contributed by atoms with van der Waals surface area (Å²) in [4.78, 5) is 0. The van der Waals surface area contributed by atoms with Crippen molar-refractivity contribution >= 4 is 0 Å². The standard InChI is InChI=1S/C30H55NO2/c1-4-6-8-9-10-11-12-13-14-15-16-17-18-19-20-22-24-28(27(3)23-21-7-5-2)31-29(32)25-26-30(31)33/h23,25-26,28,32-33H,4-22,24H2,1-3H3. The lowest BCUT2D eigenvalue weighted by Gasteiger charge is -2.22. The molecule has 0 saturated heterocycles. The first kappa shape index (κ1) is 29.7. The molecule has 0 bridgehead atoms. The van der Waals surface area contributed by atoms with Crippen molar-refractivity contribution in [3.05, 3.63) is 23.8 Å². The molecule has 0 aromatic carbocycles. The number of hydrogen-bond acceptors (Lipinski definition) is 2. The van der Waals surface area contributed by atoms with E-state index in [1.54, 1.807) is 16.7 Å². The molecule has 0 aliphatic rings. The van der Waals surface area contributed by atoms with Crippen LogP contribution in [-0.2, 0) is 0 Å². The Hall–Kier alpha value is -1.38. The predicted octanol–water partition coefficient (Wildman–Crippen LogP) is 10.2. The van der Waals surface area contributed by atoms with Crippen LogP contribution < -0.4 is 0 Å². The highest BCUT2D eigenvalue weighted by atomic mass is 16.3. The quantitative estimate of drug-likeness (QED) is 0.133. The van der Waals surface area contributed by atoms with Crippen LogP contribution in [-0.4, -0.2) is 14.8 Å². The Morgan fingerprint density at radius 1 is 0.667 bits per heavy atom. The average molecular weight is 462 g/mol. The fourth-order valence-electron chi connectivity index (χ4n) is 4.86. The number of unbranched alkanes of at least 4 members (excludes halogenated alkanes) is 17. The van der Waals surface area contributed by atoms with Crippen molar-refractivity contribution in [2.24, 2.45) is 0 Å². The van der Waals surface area contributed by atoms with Crippen molar-refractivity contribution in [2.75, 3.05) is 0 Å². The van der Waals surface area contributed by atoms with Gasteiger partial charge >= 0.3 is 0 Å². The Kier molecular flexibility index (Phi) is 18.0. The van der Waals surface area contributed by atoms with E-state index in [2.05, 4.69) is 26.8 Å². The van der Waals surface area contributed by atoms with Crippen LogP contribution in [0.4, 0.5) is 0 Å². The molecule has 1 aromatic rings. The second kappa shape index (κ2) is 20.0. The SMILES string of the molecule is CCCCC=C(C)C(CCCCCCCCCCCCCCCCCC)n1c(O)ccc1O. The molecule has 1 unspecified atom stereocenters. The van der Waals surface area contributed by atoms with Gasteiger partial charge < -0.3 is 10.2 Å². The van der Waals surface area contributed by atoms with Gasteiger partial charge in [0.25, 0.3) is 0 Å². The lowest BCUT2D eigenvalue weighted by molar-refractivity contribution is 0.336. The zero-order valence-electron chi connectivity index (χ0n) is 22.3. The highest BCUT2D eigenvalue weighted by Crippen LogP contribution is 2.34. The van der Waals surface area contributed by atoms with Crippen molar-refractivity contribution in [1.82, 2.24) is 4.57 Å². The van der Waals surface area contributed by atoms with E-state index in [0.29, 0.717) is 0 Å². The van der Waals surface area contributed by atoms with Gasteiger partial charge in [-0.2, -0.15) is 0 Å². The molecule has 0 aliphatic carbocycles. The van der Waals surface area contributed by atoms with Gasteiger partial charge in [0.15, 0.2) is 11.8 Å². The molecule has 1 aromatic heterocycles. The van der Waals surface area contributed by atoms with Crippen LogP contribution in [0, 0.1) is 0 Å². The molecule has 2 N–H and O–H groups in total. The first-order valence-electron chi connectivity index (χ1n) is 14.4. The van der Waals surface area contributed by atoms with E-state index in [-0.39, 0.29) is 17.8 Å². The van der Waals surface area contributed by atoms with Gasteiger partial charge in [-0.25, -0.2) is 0 Å². The van der Waals surface area contributed by atoms with E-state index in [9.17, 15) is 10.2 Å². The molecule has 0 fully saturated rings. The largest absolute Gasteiger partial charge is 0.494 e. The highest BCUT2D eigenvalue weighted by Gasteiger charge is 2.18. The van der Waals surface area contributed by atoms with Crippen molar-refractivity contribution in [2.45, 2.75) is 155 Å². The minimum absolute atomic E-state index is 0.0588. The van der Waals surface area contributed by atoms with E-state index in [1.165, 1.54) is 115 Å². The molecule has 0 amide bonds. The Morgan fingerprint density at radius 2 is 1.06 bits per heavy atom. The molecule has 33 heavy (non-hydrogen) atoms. The molecule has 0 spiro atoms. The van der Waals surface area contributed by atoms with Crippen molar-refractivity contribution in [1.29, 1.82) is 0 Å². The summed E-state index contributed by atoms with van der Waals surface area (Å²) >= 11 is 0. The van der Waals surface area contributed by atoms with E-state index < -0.39 is 0 Å². The third kappa shape index (κ3) is 13.8. The van der Waals surface area contributed by atoms with Crippen LogP contribution >= 0.6 is 0 Å². The molecule has 3 heteroatoms. The van der Waals surface area contributed by atoms with E-state index in [4.69, 9.17) is 0 Å². The fraction of sp³-hybridized carbons (Fsp3) is 0.800. The molecule has 192 valence electrons. The normalized spacial score (nSPS) is 13.0. The first-order chi connectivity index (χ1) is 16.1. The Balaban J connectivity index is 2.13. The van der Waals surface area contributed by atoms with Crippen molar-refractivity contribution in [3.63, 3.8) is 0 Å². The summed E-state index contributed by atoms with van der Waals surface area (Å²) in [5.74, 6) is 0.328. The summed E-state index contributed by atoms with van der Waals surface area (Å²) in [5.41, 5.74) is 1.26. The number of aromatic nitrogens is 1. The maximum absolute atomic E-state index is 10.2. The lowest BCUT2D eigenvalue weighted by atomic mass is 9.98. The topological polar surface area (TPSA) is 45.4 Å². The maximum Gasteiger partial charge on any atom is 0.194 e. The van der Waals surface area contributed by atoms with Crippen LogP contribution in [0.3, 0.4) is 0 Å². The number of hydrogen-bond donors (Lipinski definition) is 2. The van der Waals surface area contributed by atoms with Gasteiger partial charge in [-0.15, -0.1) is 0 Å². The second-order valence-corrected chi connectivity index (χ2v) is 10.1. The van der Waals surface area contributed by atoms with Gasteiger partial charge in [0.1, 0.15) is 0 Å². The molecular weight excluding hydrogens is 406 g/mol. The van der Waals surface area contributed by atoms with Gasteiger partial charge in [-0.1, -0.05) is 141 Å². The predicted molar refractivity (Wildman–Crippen MR) is 144 cm³/mol. The first-order valence-corrected chi connectivity index (χ1v) is 14.4. The van der Waals surface area contributed by atoms with Crippen molar-refractivity contribution in [3.8, 4) is 11.8 Å². The molecular formula is C30H55NO2. The minimum Gasteiger partial charge on any atom is -0.494 e. The zero-order chi connectivity index (χ0) is 24.2. The Morgan fingerprint density at radius 3 is 1.48 bits per heavy atom. The van der Waals surface area contributed by atoms with Crippen LogP contribution in [0.25, 0.3) is 0 Å². The number of rotatable bonds is 22. The van der Waals surface area contributed by atoms with Gasteiger partial charge in [-0.3, -0.25) is 4.57 Å². The monoisotopic (exact) mass is 461 g/mol. The second-order valence-electron chi connectivity index (χ2n) is 10.1. The summed E-state index contributed by atoms with van der Waals surface area (Å²) in [7, 11) is 0. The summed E-state index contributed by atoms with van der Waals surface area (Å²) in [6.45, 7) is 6.64. The Bertz CT molecular complexity index is 585. The van der Waals surface area contributed by atoms with Gasteiger partial charge in [0.05, 0.1) is 6.04 Å². The number of allylic oxidation sites excluding steroid dienone is 2. The third-order valence-corrected chi connectivity index (χ3v) is 7.07. The van der Waals surface area contributed by atoms with Crippen LogP contribution in [0.1, 0.15) is 155 Å². The average Bonchev–Trinajstić information content (AvgIpc) is 3.14. The van der Waals surface area contributed by atoms with Gasteiger partial charge in [-0.05, 0) is 19.8 Å². The fourth-order valence-corrected chi connectivity index (χ4v) is 4.86. The lowest BCUT2D eigenvalue weighted by Crippen LogP contribution is -2.10. The third-order valence-electron chi connectivity index (χ3n) is 7.07. The molecule has 1 atom stereocenters. The number of aromatic hydroxyl groups is 2. The smallest absolute Gasteiger partial charge is 0.194 e. The van der Waals surface area contributed by atoms with E-state index in [0.717, 1.165) is 19.3 Å². The summed E-state index contributed by atoms with van der Waals surface area (Å²) in [5, 5.41) is 20.5. The summed E-state index contributed by atoms with van der Waals surface area (Å²) in [6.07, 6.45) is 28.7. The van der Waals surface area contributed by atoms with E-state index in [1.807, 2.05) is 0 Å². The summed E-state index contributed by atoms with van der Waals surface area (Å²) < 4.78 is 1.70. The van der Waals surface area contributed by atoms with Crippen molar-refractivity contribution < 1.29 is 10.2 Å². The number of nitrogens with zero attached hydrogens (tertiary/aromatic N) is 1. The van der Waals surface area contributed by atoms with Crippen LogP contribution in [0.2, 0.25) is 0 Å². The maximum atomic E-state index is 10.2. The minimum atomic E-state index is 0.0588. The molecule has 1 heterocycles. The van der Waals surface area contributed by atoms with Crippen LogP contribution in [0.15, 0.2) is 23.8 Å². The molecule has 0 radical (unpaired) electrons.